The third-order valence-electron chi connectivity index (χ3n) is 5.54. The van der Waals surface area contributed by atoms with Crippen molar-refractivity contribution in [3.05, 3.63) is 54.6 Å². The van der Waals surface area contributed by atoms with Gasteiger partial charge in [0, 0.05) is 56.2 Å². The van der Waals surface area contributed by atoms with Crippen LogP contribution in [0.15, 0.2) is 49.1 Å². The average Bonchev–Trinajstić information content (AvgIpc) is 3.44. The lowest BCUT2D eigenvalue weighted by Gasteiger charge is -2.33. The van der Waals surface area contributed by atoms with Crippen LogP contribution < -0.4 is 4.90 Å². The molecule has 0 bridgehead atoms. The first kappa shape index (κ1) is 18.6. The van der Waals surface area contributed by atoms with Crippen LogP contribution in [0.4, 0.5) is 5.69 Å². The van der Waals surface area contributed by atoms with E-state index in [0.717, 1.165) is 48.7 Å². The summed E-state index contributed by atoms with van der Waals surface area (Å²) in [6, 6.07) is 10.4. The van der Waals surface area contributed by atoms with Gasteiger partial charge in [-0.15, -0.1) is 0 Å². The highest BCUT2D eigenvalue weighted by Crippen LogP contribution is 2.30. The Bertz CT molecular complexity index is 1330. The summed E-state index contributed by atoms with van der Waals surface area (Å²) in [4.78, 5) is 8.92. The number of piperazine rings is 1. The Kier molecular flexibility index (Phi) is 4.49. The number of rotatable bonds is 3. The van der Waals surface area contributed by atoms with E-state index in [1.165, 1.54) is 0 Å². The smallest absolute Gasteiger partial charge is 0.179 e. The number of nitriles is 2. The number of benzene rings is 1. The summed E-state index contributed by atoms with van der Waals surface area (Å²) in [7, 11) is 1.86. The highest BCUT2D eigenvalue weighted by atomic mass is 15.3. The first-order chi connectivity index (χ1) is 15.2. The second kappa shape index (κ2) is 7.47. The predicted octanol–water partition coefficient (Wildman–Crippen LogP) is 2.27. The van der Waals surface area contributed by atoms with E-state index in [9.17, 15) is 5.26 Å². The summed E-state index contributed by atoms with van der Waals surface area (Å²) in [5, 5.41) is 27.2. The third-order valence-corrected chi connectivity index (χ3v) is 5.54. The molecular formula is C22H19N9. The molecule has 0 N–H and O–H groups in total. The van der Waals surface area contributed by atoms with Gasteiger partial charge in [0.15, 0.2) is 6.19 Å². The van der Waals surface area contributed by atoms with Gasteiger partial charge in [0.05, 0.1) is 30.0 Å². The zero-order valence-electron chi connectivity index (χ0n) is 17.0. The van der Waals surface area contributed by atoms with Crippen molar-refractivity contribution in [3.8, 4) is 34.8 Å². The predicted molar refractivity (Wildman–Crippen MR) is 115 cm³/mol. The molecule has 5 rings (SSSR count). The number of aryl methyl sites for hydroxylation is 1. The molecule has 3 aromatic heterocycles. The maximum atomic E-state index is 9.56. The Balaban J connectivity index is 1.55. The molecule has 0 saturated carbocycles. The fourth-order valence-corrected chi connectivity index (χ4v) is 3.88. The lowest BCUT2D eigenvalue weighted by atomic mass is 10.1. The molecule has 9 nitrogen and oxygen atoms in total. The first-order valence-electron chi connectivity index (χ1n) is 9.94. The van der Waals surface area contributed by atoms with Gasteiger partial charge in [-0.25, -0.2) is 9.50 Å². The van der Waals surface area contributed by atoms with Gasteiger partial charge in [0.25, 0.3) is 0 Å². The van der Waals surface area contributed by atoms with Crippen LogP contribution in [0.2, 0.25) is 0 Å². The van der Waals surface area contributed by atoms with E-state index in [-0.39, 0.29) is 0 Å². The minimum absolute atomic E-state index is 0.483. The lowest BCUT2D eigenvalue weighted by molar-refractivity contribution is 0.363. The molecule has 1 fully saturated rings. The van der Waals surface area contributed by atoms with E-state index in [0.29, 0.717) is 16.8 Å². The Morgan fingerprint density at radius 3 is 2.32 bits per heavy atom. The summed E-state index contributed by atoms with van der Waals surface area (Å²) in [5.74, 6) is 0. The SMILES string of the molecule is Cn1cc(-c2cn3ncc(C#N)c3c(-c3ccc(N4CCN(C#N)CC4)cc3)n2)cn1. The fourth-order valence-electron chi connectivity index (χ4n) is 3.88. The number of hydrogen-bond donors (Lipinski definition) is 0. The average molecular weight is 409 g/mol. The molecule has 31 heavy (non-hydrogen) atoms. The second-order valence-corrected chi connectivity index (χ2v) is 7.46. The van der Waals surface area contributed by atoms with E-state index in [1.54, 1.807) is 26.5 Å². The largest absolute Gasteiger partial charge is 0.368 e. The Morgan fingerprint density at radius 2 is 1.68 bits per heavy atom. The summed E-state index contributed by atoms with van der Waals surface area (Å²) >= 11 is 0. The van der Waals surface area contributed by atoms with Crippen molar-refractivity contribution in [3.63, 3.8) is 0 Å². The third kappa shape index (κ3) is 3.32. The van der Waals surface area contributed by atoms with Crippen molar-refractivity contribution in [2.45, 2.75) is 0 Å². The van der Waals surface area contributed by atoms with Crippen LogP contribution in [-0.2, 0) is 7.05 Å². The van der Waals surface area contributed by atoms with Crippen LogP contribution in [0.1, 0.15) is 5.56 Å². The monoisotopic (exact) mass is 409 g/mol. The topological polar surface area (TPSA) is 102 Å². The highest BCUT2D eigenvalue weighted by molar-refractivity contribution is 5.83. The molecule has 1 aliphatic heterocycles. The molecule has 0 aliphatic carbocycles. The number of fused-ring (bicyclic) bond motifs is 1. The summed E-state index contributed by atoms with van der Waals surface area (Å²) in [6.07, 6.45) is 9.26. The first-order valence-corrected chi connectivity index (χ1v) is 9.94. The summed E-state index contributed by atoms with van der Waals surface area (Å²) in [5.41, 5.74) is 5.51. The van der Waals surface area contributed by atoms with Crippen LogP contribution in [0.25, 0.3) is 28.0 Å². The Labute approximate surface area is 179 Å². The molecule has 4 heterocycles. The van der Waals surface area contributed by atoms with E-state index < -0.39 is 0 Å². The maximum absolute atomic E-state index is 9.56. The number of hydrogen-bond acceptors (Lipinski definition) is 7. The van der Waals surface area contributed by atoms with Gasteiger partial charge < -0.3 is 9.80 Å². The van der Waals surface area contributed by atoms with Gasteiger partial charge >= 0.3 is 0 Å². The van der Waals surface area contributed by atoms with Gasteiger partial charge in [0.2, 0.25) is 0 Å². The van der Waals surface area contributed by atoms with Crippen molar-refractivity contribution in [2.75, 3.05) is 31.1 Å². The summed E-state index contributed by atoms with van der Waals surface area (Å²) in [6.45, 7) is 3.09. The molecule has 1 aromatic carbocycles. The van der Waals surface area contributed by atoms with Gasteiger partial charge in [-0.05, 0) is 12.1 Å². The molecule has 0 unspecified atom stereocenters. The molecule has 1 saturated heterocycles. The van der Waals surface area contributed by atoms with Crippen molar-refractivity contribution in [1.29, 1.82) is 10.5 Å². The molecule has 4 aromatic rings. The number of anilines is 1. The molecule has 0 spiro atoms. The Hall–Kier alpha value is -4.37. The minimum Gasteiger partial charge on any atom is -0.368 e. The van der Waals surface area contributed by atoms with Crippen LogP contribution in [-0.4, -0.2) is 55.5 Å². The zero-order chi connectivity index (χ0) is 21.4. The van der Waals surface area contributed by atoms with Gasteiger partial charge in [-0.1, -0.05) is 12.1 Å². The van der Waals surface area contributed by atoms with Crippen molar-refractivity contribution in [2.24, 2.45) is 7.05 Å². The summed E-state index contributed by atoms with van der Waals surface area (Å²) < 4.78 is 3.43. The molecule has 152 valence electrons. The molecule has 1 aliphatic rings. The standard InChI is InChI=1S/C22H19N9/c1-28-13-18(12-25-28)20-14-31-22(17(10-23)11-26-31)21(27-20)16-2-4-19(5-3-16)30-8-6-29(15-24)7-9-30/h2-5,11-14H,6-9H2,1H3. The van der Waals surface area contributed by atoms with E-state index in [4.69, 9.17) is 10.2 Å². The normalized spacial score (nSPS) is 13.9. The molecule has 0 amide bonds. The van der Waals surface area contributed by atoms with Crippen LogP contribution in [0.3, 0.4) is 0 Å². The number of nitrogens with zero attached hydrogens (tertiary/aromatic N) is 9. The Morgan fingerprint density at radius 1 is 0.903 bits per heavy atom. The number of aromatic nitrogens is 5. The van der Waals surface area contributed by atoms with Crippen LogP contribution in [0.5, 0.6) is 0 Å². The van der Waals surface area contributed by atoms with Crippen LogP contribution in [0, 0.1) is 22.8 Å². The minimum atomic E-state index is 0.483. The molecule has 9 heteroatoms. The quantitative estimate of drug-likeness (QED) is 0.478. The zero-order valence-corrected chi connectivity index (χ0v) is 17.0. The van der Waals surface area contributed by atoms with E-state index >= 15 is 0 Å². The van der Waals surface area contributed by atoms with Gasteiger partial charge in [0.1, 0.15) is 17.1 Å². The molecule has 0 radical (unpaired) electrons. The lowest BCUT2D eigenvalue weighted by Crippen LogP contribution is -2.44. The highest BCUT2D eigenvalue weighted by Gasteiger charge is 2.18. The fraction of sp³-hybridized carbons (Fsp3) is 0.227. The van der Waals surface area contributed by atoms with Crippen molar-refractivity contribution in [1.82, 2.24) is 29.3 Å². The second-order valence-electron chi connectivity index (χ2n) is 7.46. The molecule has 0 atom stereocenters. The van der Waals surface area contributed by atoms with Gasteiger partial charge in [-0.2, -0.15) is 20.7 Å². The van der Waals surface area contributed by atoms with Crippen LogP contribution >= 0.6 is 0 Å². The van der Waals surface area contributed by atoms with Crippen molar-refractivity contribution >= 4 is 11.2 Å². The van der Waals surface area contributed by atoms with Gasteiger partial charge in [-0.3, -0.25) is 4.68 Å². The van der Waals surface area contributed by atoms with Crippen molar-refractivity contribution < 1.29 is 0 Å². The van der Waals surface area contributed by atoms with E-state index in [1.807, 2.05) is 31.6 Å². The maximum Gasteiger partial charge on any atom is 0.179 e. The van der Waals surface area contributed by atoms with E-state index in [2.05, 4.69) is 39.5 Å². The molecular weight excluding hydrogens is 390 g/mol.